The highest BCUT2D eigenvalue weighted by atomic mass is 16.6. The van der Waals surface area contributed by atoms with E-state index in [0.29, 0.717) is 17.5 Å². The number of rotatable bonds is 8. The molecule has 2 aliphatic heterocycles. The van der Waals surface area contributed by atoms with Gasteiger partial charge in [0.2, 0.25) is 5.95 Å². The lowest BCUT2D eigenvalue weighted by atomic mass is 10.1. The molecule has 2 saturated heterocycles. The van der Waals surface area contributed by atoms with Gasteiger partial charge in [0.15, 0.2) is 0 Å². The first kappa shape index (κ1) is 26.2. The molecule has 0 radical (unpaired) electrons. The molecular formula is C28H39N7O3. The summed E-state index contributed by atoms with van der Waals surface area (Å²) in [6, 6.07) is 6.26. The number of likely N-dealkylation sites (N-methyl/N-ethyl adjacent to an activating group) is 1. The van der Waals surface area contributed by atoms with Crippen molar-refractivity contribution < 1.29 is 14.3 Å². The van der Waals surface area contributed by atoms with Gasteiger partial charge in [0.05, 0.1) is 24.0 Å². The van der Waals surface area contributed by atoms with E-state index in [9.17, 15) is 4.79 Å². The van der Waals surface area contributed by atoms with Crippen molar-refractivity contribution in [3.63, 3.8) is 0 Å². The van der Waals surface area contributed by atoms with Crippen LogP contribution in [0.3, 0.4) is 0 Å². The Morgan fingerprint density at radius 3 is 2.68 bits per heavy atom. The van der Waals surface area contributed by atoms with Crippen LogP contribution in [0.15, 0.2) is 30.6 Å². The van der Waals surface area contributed by atoms with Crippen molar-refractivity contribution in [3.8, 4) is 17.0 Å². The first-order valence-corrected chi connectivity index (χ1v) is 13.5. The lowest BCUT2D eigenvalue weighted by Crippen LogP contribution is -2.63. The number of benzene rings is 1. The number of nitrogens with one attached hydrogen (secondary N) is 1. The monoisotopic (exact) mass is 521 g/mol. The summed E-state index contributed by atoms with van der Waals surface area (Å²) < 4.78 is 13.2. The average Bonchev–Trinajstić information content (AvgIpc) is 3.25. The number of carbonyl (C=O) groups excluding carboxylic acids is 1. The molecule has 2 aliphatic rings. The fraction of sp³-hybridized carbons (Fsp3) is 0.536. The van der Waals surface area contributed by atoms with E-state index in [2.05, 4.69) is 43.4 Å². The summed E-state index contributed by atoms with van der Waals surface area (Å²) in [4.78, 5) is 29.4. The highest BCUT2D eigenvalue weighted by Crippen LogP contribution is 2.36. The van der Waals surface area contributed by atoms with Gasteiger partial charge in [-0.05, 0) is 39.4 Å². The van der Waals surface area contributed by atoms with E-state index in [1.54, 1.807) is 7.11 Å². The summed E-state index contributed by atoms with van der Waals surface area (Å²) in [6.07, 6.45) is 4.95. The Hall–Kier alpha value is -3.37. The number of ether oxygens (including phenoxy) is 2. The average molecular weight is 522 g/mol. The van der Waals surface area contributed by atoms with Gasteiger partial charge in [-0.1, -0.05) is 19.4 Å². The first-order chi connectivity index (χ1) is 18.4. The van der Waals surface area contributed by atoms with Crippen LogP contribution in [0.2, 0.25) is 0 Å². The SMILES string of the molecule is CCC[C@H](C)OC(=O)Nc1ccc(-c2nc(N3CC(N4CCN(C)CC4)C3)n3ccnc(C)c23)cc1OC. The second-order valence-corrected chi connectivity index (χ2v) is 10.4. The van der Waals surface area contributed by atoms with Gasteiger partial charge in [-0.2, -0.15) is 0 Å². The predicted molar refractivity (Wildman–Crippen MR) is 149 cm³/mol. The van der Waals surface area contributed by atoms with Gasteiger partial charge < -0.3 is 19.3 Å². The standard InChI is InChI=1S/C28H39N7O3/c1-6-7-19(2)38-28(36)30-23-9-8-21(16-24(23)37-5)25-26-20(3)29-10-11-35(26)27(31-25)34-17-22(18-34)33-14-12-32(4)13-15-33/h8-11,16,19,22H,6-7,12-15,17-18H2,1-5H3,(H,30,36)/t19-/m0/s1. The molecule has 1 aromatic carbocycles. The van der Waals surface area contributed by atoms with Gasteiger partial charge in [0, 0.05) is 63.3 Å². The van der Waals surface area contributed by atoms with Gasteiger partial charge >= 0.3 is 6.09 Å². The fourth-order valence-corrected chi connectivity index (χ4v) is 5.37. The van der Waals surface area contributed by atoms with Crippen LogP contribution in [-0.4, -0.2) is 95.8 Å². The Labute approximate surface area is 224 Å². The summed E-state index contributed by atoms with van der Waals surface area (Å²) in [5.74, 6) is 1.48. The molecule has 1 amide bonds. The minimum Gasteiger partial charge on any atom is -0.495 e. The largest absolute Gasteiger partial charge is 0.495 e. The summed E-state index contributed by atoms with van der Waals surface area (Å²) in [5, 5.41) is 2.82. The van der Waals surface area contributed by atoms with Crippen molar-refractivity contribution in [1.82, 2.24) is 24.2 Å². The van der Waals surface area contributed by atoms with Crippen LogP contribution in [0.4, 0.5) is 16.4 Å². The number of carbonyl (C=O) groups is 1. The van der Waals surface area contributed by atoms with Crippen molar-refractivity contribution in [2.45, 2.75) is 45.8 Å². The number of anilines is 2. The third-order valence-corrected chi connectivity index (χ3v) is 7.63. The molecule has 204 valence electrons. The minimum absolute atomic E-state index is 0.145. The normalized spacial score (nSPS) is 17.9. The third kappa shape index (κ3) is 5.28. The molecule has 1 atom stereocenters. The van der Waals surface area contributed by atoms with Crippen LogP contribution in [0, 0.1) is 6.92 Å². The number of nitrogens with zero attached hydrogens (tertiary/aromatic N) is 6. The summed E-state index contributed by atoms with van der Waals surface area (Å²) in [5.41, 5.74) is 4.18. The molecular weight excluding hydrogens is 482 g/mol. The molecule has 2 aromatic heterocycles. The van der Waals surface area contributed by atoms with Crippen molar-refractivity contribution in [3.05, 3.63) is 36.3 Å². The third-order valence-electron chi connectivity index (χ3n) is 7.63. The lowest BCUT2D eigenvalue weighted by Gasteiger charge is -2.47. The number of aromatic nitrogens is 3. The molecule has 0 aliphatic carbocycles. The van der Waals surface area contributed by atoms with Crippen LogP contribution in [-0.2, 0) is 4.74 Å². The minimum atomic E-state index is -0.487. The number of aryl methyl sites for hydroxylation is 1. The summed E-state index contributed by atoms with van der Waals surface area (Å²) >= 11 is 0. The van der Waals surface area contributed by atoms with Gasteiger partial charge in [0.25, 0.3) is 0 Å². The number of hydrogen-bond acceptors (Lipinski definition) is 8. The van der Waals surface area contributed by atoms with Gasteiger partial charge in [0.1, 0.15) is 17.5 Å². The molecule has 2 fully saturated rings. The van der Waals surface area contributed by atoms with E-state index in [1.165, 1.54) is 0 Å². The zero-order valence-corrected chi connectivity index (χ0v) is 23.1. The number of imidazole rings is 1. The molecule has 10 heteroatoms. The first-order valence-electron chi connectivity index (χ1n) is 13.5. The number of methoxy groups -OCH3 is 1. The molecule has 5 rings (SSSR count). The second kappa shape index (κ2) is 11.2. The maximum absolute atomic E-state index is 12.4. The van der Waals surface area contributed by atoms with Crippen molar-refractivity contribution in [2.24, 2.45) is 0 Å². The number of hydrogen-bond donors (Lipinski definition) is 1. The number of fused-ring (bicyclic) bond motifs is 1. The van der Waals surface area contributed by atoms with E-state index in [0.717, 1.165) is 80.5 Å². The van der Waals surface area contributed by atoms with Crippen molar-refractivity contribution in [1.29, 1.82) is 0 Å². The van der Waals surface area contributed by atoms with Crippen LogP contribution < -0.4 is 15.0 Å². The zero-order chi connectivity index (χ0) is 26.8. The molecule has 10 nitrogen and oxygen atoms in total. The van der Waals surface area contributed by atoms with Crippen LogP contribution >= 0.6 is 0 Å². The van der Waals surface area contributed by atoms with Gasteiger partial charge in [-0.3, -0.25) is 19.6 Å². The van der Waals surface area contributed by atoms with Crippen LogP contribution in [0.25, 0.3) is 16.8 Å². The molecule has 0 saturated carbocycles. The maximum atomic E-state index is 12.4. The Balaban J connectivity index is 1.38. The van der Waals surface area contributed by atoms with E-state index in [1.807, 2.05) is 44.4 Å². The molecule has 0 bridgehead atoms. The quantitative estimate of drug-likeness (QED) is 0.478. The van der Waals surface area contributed by atoms with Crippen molar-refractivity contribution in [2.75, 3.05) is 63.6 Å². The molecule has 38 heavy (non-hydrogen) atoms. The van der Waals surface area contributed by atoms with E-state index < -0.39 is 6.09 Å². The highest BCUT2D eigenvalue weighted by Gasteiger charge is 2.35. The number of amides is 1. The number of piperazine rings is 1. The van der Waals surface area contributed by atoms with Crippen LogP contribution in [0.5, 0.6) is 5.75 Å². The topological polar surface area (TPSA) is 87.5 Å². The lowest BCUT2D eigenvalue weighted by molar-refractivity contribution is 0.0957. The Kier molecular flexibility index (Phi) is 7.71. The highest BCUT2D eigenvalue weighted by molar-refractivity contribution is 5.89. The van der Waals surface area contributed by atoms with E-state index in [-0.39, 0.29) is 6.10 Å². The smallest absolute Gasteiger partial charge is 0.412 e. The van der Waals surface area contributed by atoms with Gasteiger partial charge in [-0.25, -0.2) is 9.78 Å². The molecule has 3 aromatic rings. The predicted octanol–water partition coefficient (Wildman–Crippen LogP) is 3.89. The van der Waals surface area contributed by atoms with E-state index >= 15 is 0 Å². The van der Waals surface area contributed by atoms with Crippen LogP contribution in [0.1, 0.15) is 32.4 Å². The molecule has 4 heterocycles. The fourth-order valence-electron chi connectivity index (χ4n) is 5.37. The Bertz CT molecular complexity index is 1280. The summed E-state index contributed by atoms with van der Waals surface area (Å²) in [6.45, 7) is 12.4. The molecule has 0 spiro atoms. The maximum Gasteiger partial charge on any atom is 0.412 e. The Morgan fingerprint density at radius 2 is 1.97 bits per heavy atom. The zero-order valence-electron chi connectivity index (χ0n) is 23.1. The molecule has 0 unspecified atom stereocenters. The summed E-state index contributed by atoms with van der Waals surface area (Å²) in [7, 11) is 3.79. The molecule has 1 N–H and O–H groups in total. The van der Waals surface area contributed by atoms with Gasteiger partial charge in [-0.15, -0.1) is 0 Å². The Morgan fingerprint density at radius 1 is 1.21 bits per heavy atom. The van der Waals surface area contributed by atoms with Crippen molar-refractivity contribution >= 4 is 23.2 Å². The van der Waals surface area contributed by atoms with E-state index in [4.69, 9.17) is 14.5 Å². The second-order valence-electron chi connectivity index (χ2n) is 10.4.